The lowest BCUT2D eigenvalue weighted by atomic mass is 10.1. The van der Waals surface area contributed by atoms with Crippen LogP contribution in [-0.2, 0) is 0 Å². The van der Waals surface area contributed by atoms with Crippen LogP contribution in [0.25, 0.3) is 0 Å². The Bertz CT molecular complexity index is 161. The monoisotopic (exact) mass is 227 g/mol. The summed E-state index contributed by atoms with van der Waals surface area (Å²) in [4.78, 5) is 2.40. The standard InChI is InChI=1S/C14H29NO/c1-2-3-4-5-6-7-8-9-11-15-12-10-14(16)13-15/h14,16H,2-13H2,1H3/t14-/m1/s1. The highest BCUT2D eigenvalue weighted by atomic mass is 16.3. The van der Waals surface area contributed by atoms with Gasteiger partial charge in [-0.15, -0.1) is 0 Å². The third-order valence-corrected chi connectivity index (χ3v) is 3.58. The first-order valence-electron chi connectivity index (χ1n) is 7.23. The van der Waals surface area contributed by atoms with Gasteiger partial charge in [-0.2, -0.15) is 0 Å². The van der Waals surface area contributed by atoms with Gasteiger partial charge in [0.05, 0.1) is 6.10 Å². The second kappa shape index (κ2) is 9.00. The van der Waals surface area contributed by atoms with Crippen molar-refractivity contribution in [3.8, 4) is 0 Å². The van der Waals surface area contributed by atoms with E-state index in [9.17, 15) is 5.11 Å². The molecular formula is C14H29NO. The van der Waals surface area contributed by atoms with Crippen molar-refractivity contribution in [1.82, 2.24) is 4.90 Å². The van der Waals surface area contributed by atoms with Crippen LogP contribution in [0.5, 0.6) is 0 Å². The van der Waals surface area contributed by atoms with Crippen molar-refractivity contribution in [2.24, 2.45) is 0 Å². The van der Waals surface area contributed by atoms with Gasteiger partial charge in [0.1, 0.15) is 0 Å². The van der Waals surface area contributed by atoms with Crippen LogP contribution in [0, 0.1) is 0 Å². The molecule has 0 spiro atoms. The second-order valence-electron chi connectivity index (χ2n) is 5.22. The maximum absolute atomic E-state index is 9.38. The Kier molecular flexibility index (Phi) is 7.87. The zero-order valence-electron chi connectivity index (χ0n) is 11.0. The van der Waals surface area contributed by atoms with Crippen molar-refractivity contribution in [2.75, 3.05) is 19.6 Å². The molecule has 0 bridgehead atoms. The Morgan fingerprint density at radius 3 is 2.19 bits per heavy atom. The molecule has 0 aromatic heterocycles. The highest BCUT2D eigenvalue weighted by molar-refractivity contribution is 4.73. The van der Waals surface area contributed by atoms with Crippen molar-refractivity contribution in [1.29, 1.82) is 0 Å². The van der Waals surface area contributed by atoms with Crippen molar-refractivity contribution in [3.05, 3.63) is 0 Å². The Morgan fingerprint density at radius 1 is 1.00 bits per heavy atom. The SMILES string of the molecule is CCCCCCCCCCN1CC[C@@H](O)C1. The molecule has 0 radical (unpaired) electrons. The molecule has 1 fully saturated rings. The minimum Gasteiger partial charge on any atom is -0.392 e. The quantitative estimate of drug-likeness (QED) is 0.611. The van der Waals surface area contributed by atoms with Gasteiger partial charge in [0.25, 0.3) is 0 Å². The lowest BCUT2D eigenvalue weighted by molar-refractivity contribution is 0.175. The molecule has 1 rings (SSSR count). The van der Waals surface area contributed by atoms with Crippen molar-refractivity contribution < 1.29 is 5.11 Å². The fraction of sp³-hybridized carbons (Fsp3) is 1.00. The number of hydrogen-bond acceptors (Lipinski definition) is 2. The third-order valence-electron chi connectivity index (χ3n) is 3.58. The first-order valence-corrected chi connectivity index (χ1v) is 7.23. The van der Waals surface area contributed by atoms with Gasteiger partial charge in [0.15, 0.2) is 0 Å². The maximum atomic E-state index is 9.38. The number of nitrogens with zero attached hydrogens (tertiary/aromatic N) is 1. The van der Waals surface area contributed by atoms with Crippen LogP contribution in [0.4, 0.5) is 0 Å². The number of rotatable bonds is 9. The molecule has 1 saturated heterocycles. The average Bonchev–Trinajstić information content (AvgIpc) is 2.68. The van der Waals surface area contributed by atoms with E-state index in [2.05, 4.69) is 11.8 Å². The summed E-state index contributed by atoms with van der Waals surface area (Å²) in [6.45, 7) is 5.49. The van der Waals surface area contributed by atoms with Crippen LogP contribution in [-0.4, -0.2) is 35.7 Å². The Morgan fingerprint density at radius 2 is 1.62 bits per heavy atom. The molecule has 1 aliphatic heterocycles. The minimum atomic E-state index is -0.0472. The van der Waals surface area contributed by atoms with E-state index in [-0.39, 0.29) is 6.10 Å². The van der Waals surface area contributed by atoms with Crippen LogP contribution in [0.1, 0.15) is 64.7 Å². The minimum absolute atomic E-state index is 0.0472. The van der Waals surface area contributed by atoms with E-state index in [1.54, 1.807) is 0 Å². The fourth-order valence-electron chi connectivity index (χ4n) is 2.48. The zero-order valence-corrected chi connectivity index (χ0v) is 11.0. The van der Waals surface area contributed by atoms with E-state index < -0.39 is 0 Å². The van der Waals surface area contributed by atoms with Gasteiger partial charge >= 0.3 is 0 Å². The van der Waals surface area contributed by atoms with Gasteiger partial charge in [0.2, 0.25) is 0 Å². The molecule has 2 heteroatoms. The molecule has 2 nitrogen and oxygen atoms in total. The molecule has 1 heterocycles. The molecule has 0 saturated carbocycles. The zero-order chi connectivity index (χ0) is 11.6. The Hall–Kier alpha value is -0.0800. The summed E-state index contributed by atoms with van der Waals surface area (Å²) in [7, 11) is 0. The Labute approximate surface area is 101 Å². The first-order chi connectivity index (χ1) is 7.83. The second-order valence-corrected chi connectivity index (χ2v) is 5.22. The smallest absolute Gasteiger partial charge is 0.0679 e. The highest BCUT2D eigenvalue weighted by Crippen LogP contribution is 2.12. The highest BCUT2D eigenvalue weighted by Gasteiger charge is 2.18. The van der Waals surface area contributed by atoms with Crippen LogP contribution in [0.3, 0.4) is 0 Å². The van der Waals surface area contributed by atoms with E-state index in [1.165, 1.54) is 57.9 Å². The number of likely N-dealkylation sites (tertiary alicyclic amines) is 1. The molecule has 0 aromatic rings. The van der Waals surface area contributed by atoms with E-state index in [0.29, 0.717) is 0 Å². The Balaban J connectivity index is 1.78. The number of aliphatic hydroxyl groups is 1. The van der Waals surface area contributed by atoms with Crippen molar-refractivity contribution in [2.45, 2.75) is 70.8 Å². The topological polar surface area (TPSA) is 23.5 Å². The van der Waals surface area contributed by atoms with Gasteiger partial charge in [-0.3, -0.25) is 0 Å². The summed E-state index contributed by atoms with van der Waals surface area (Å²) < 4.78 is 0. The summed E-state index contributed by atoms with van der Waals surface area (Å²) in [5.41, 5.74) is 0. The normalized spacial score (nSPS) is 21.8. The predicted molar refractivity (Wildman–Crippen MR) is 69.7 cm³/mol. The van der Waals surface area contributed by atoms with Crippen molar-refractivity contribution >= 4 is 0 Å². The third kappa shape index (κ3) is 6.49. The van der Waals surface area contributed by atoms with Crippen LogP contribution in [0.15, 0.2) is 0 Å². The van der Waals surface area contributed by atoms with E-state index in [0.717, 1.165) is 19.5 Å². The van der Waals surface area contributed by atoms with E-state index >= 15 is 0 Å². The summed E-state index contributed by atoms with van der Waals surface area (Å²) in [6.07, 6.45) is 12.1. The molecule has 0 amide bonds. The number of hydrogen-bond donors (Lipinski definition) is 1. The summed E-state index contributed by atoms with van der Waals surface area (Å²) in [6, 6.07) is 0. The number of β-amino-alcohol motifs (C(OH)–C–C–N with tert-alkyl or cyclic N) is 1. The van der Waals surface area contributed by atoms with Crippen LogP contribution in [0.2, 0.25) is 0 Å². The van der Waals surface area contributed by atoms with Crippen molar-refractivity contribution in [3.63, 3.8) is 0 Å². The molecule has 96 valence electrons. The van der Waals surface area contributed by atoms with E-state index in [1.807, 2.05) is 0 Å². The fourth-order valence-corrected chi connectivity index (χ4v) is 2.48. The van der Waals surface area contributed by atoms with Gasteiger partial charge in [-0.1, -0.05) is 51.9 Å². The molecular weight excluding hydrogens is 198 g/mol. The number of aliphatic hydroxyl groups excluding tert-OH is 1. The summed E-state index contributed by atoms with van der Waals surface area (Å²) >= 11 is 0. The lowest BCUT2D eigenvalue weighted by Crippen LogP contribution is -2.23. The molecule has 0 aromatic carbocycles. The molecule has 1 aliphatic rings. The molecule has 0 aliphatic carbocycles. The van der Waals surface area contributed by atoms with Gasteiger partial charge in [-0.25, -0.2) is 0 Å². The van der Waals surface area contributed by atoms with Gasteiger partial charge < -0.3 is 10.0 Å². The molecule has 1 N–H and O–H groups in total. The summed E-state index contributed by atoms with van der Waals surface area (Å²) in [5.74, 6) is 0. The molecule has 1 atom stereocenters. The molecule has 16 heavy (non-hydrogen) atoms. The number of unbranched alkanes of at least 4 members (excludes halogenated alkanes) is 7. The van der Waals surface area contributed by atoms with Gasteiger partial charge in [0, 0.05) is 13.1 Å². The molecule has 0 unspecified atom stereocenters. The predicted octanol–water partition coefficient (Wildman–Crippen LogP) is 3.19. The average molecular weight is 227 g/mol. The van der Waals surface area contributed by atoms with Crippen LogP contribution >= 0.6 is 0 Å². The maximum Gasteiger partial charge on any atom is 0.0679 e. The first kappa shape index (κ1) is 14.0. The summed E-state index contributed by atoms with van der Waals surface area (Å²) in [5, 5.41) is 9.38. The van der Waals surface area contributed by atoms with Gasteiger partial charge in [-0.05, 0) is 19.4 Å². The lowest BCUT2D eigenvalue weighted by Gasteiger charge is -2.14. The van der Waals surface area contributed by atoms with E-state index in [4.69, 9.17) is 0 Å². The largest absolute Gasteiger partial charge is 0.392 e. The van der Waals surface area contributed by atoms with Crippen LogP contribution < -0.4 is 0 Å².